The Morgan fingerprint density at radius 1 is 1.06 bits per heavy atom. The van der Waals surface area contributed by atoms with Gasteiger partial charge in [-0.1, -0.05) is 29.4 Å². The summed E-state index contributed by atoms with van der Waals surface area (Å²) in [5, 5.41) is 12.0. The molecule has 2 aromatic heterocycles. The number of rotatable bonds is 6. The van der Waals surface area contributed by atoms with Crippen molar-refractivity contribution in [1.29, 1.82) is 0 Å². The van der Waals surface area contributed by atoms with Gasteiger partial charge in [0.2, 0.25) is 11.8 Å². The summed E-state index contributed by atoms with van der Waals surface area (Å²) in [5.74, 6) is -0.212. The highest BCUT2D eigenvalue weighted by Crippen LogP contribution is 2.26. The smallest absolute Gasteiger partial charge is 0.234 e. The zero-order valence-corrected chi connectivity index (χ0v) is 17.9. The molecule has 0 spiro atoms. The van der Waals surface area contributed by atoms with Gasteiger partial charge in [-0.05, 0) is 42.5 Å². The zero-order chi connectivity index (χ0) is 21.8. The van der Waals surface area contributed by atoms with Gasteiger partial charge in [0.05, 0.1) is 23.0 Å². The maximum atomic E-state index is 12.4. The Hall–Kier alpha value is -3.43. The minimum absolute atomic E-state index is 0.155. The van der Waals surface area contributed by atoms with Crippen molar-refractivity contribution in [3.63, 3.8) is 0 Å². The molecule has 0 unspecified atom stereocenters. The topological polar surface area (TPSA) is 102 Å². The van der Waals surface area contributed by atoms with E-state index < -0.39 is 0 Å². The number of fused-ring (bicyclic) bond motifs is 1. The lowest BCUT2D eigenvalue weighted by atomic mass is 10.2. The van der Waals surface area contributed by atoms with Crippen LogP contribution in [0.15, 0.2) is 66.1 Å². The average molecular weight is 453 g/mol. The van der Waals surface area contributed by atoms with Crippen molar-refractivity contribution in [2.75, 3.05) is 16.4 Å². The van der Waals surface area contributed by atoms with Crippen LogP contribution in [0.4, 0.5) is 11.4 Å². The molecule has 31 heavy (non-hydrogen) atoms. The molecule has 0 aliphatic heterocycles. The molecule has 0 aliphatic rings. The molecule has 4 aromatic rings. The number of nitrogens with one attached hydrogen (secondary N) is 2. The second-order valence-electron chi connectivity index (χ2n) is 6.55. The van der Waals surface area contributed by atoms with E-state index in [-0.39, 0.29) is 17.6 Å². The van der Waals surface area contributed by atoms with Crippen LogP contribution in [0, 0.1) is 0 Å². The number of benzene rings is 2. The molecule has 156 valence electrons. The second-order valence-corrected chi connectivity index (χ2v) is 7.95. The fourth-order valence-corrected chi connectivity index (χ4v) is 3.80. The minimum atomic E-state index is -0.193. The van der Waals surface area contributed by atoms with Crippen molar-refractivity contribution in [3.8, 4) is 5.69 Å². The first-order valence-corrected chi connectivity index (χ1v) is 10.6. The SMILES string of the molecule is CC(=O)Nc1cccc(NC(=O)CSc2ncnc3c2cnn3-c2ccc(Cl)cc2)c1. The van der Waals surface area contributed by atoms with Gasteiger partial charge in [0.1, 0.15) is 11.4 Å². The van der Waals surface area contributed by atoms with E-state index in [0.29, 0.717) is 27.1 Å². The highest BCUT2D eigenvalue weighted by Gasteiger charge is 2.13. The largest absolute Gasteiger partial charge is 0.326 e. The summed E-state index contributed by atoms with van der Waals surface area (Å²) >= 11 is 7.26. The number of aromatic nitrogens is 4. The van der Waals surface area contributed by atoms with E-state index in [1.54, 1.807) is 47.3 Å². The summed E-state index contributed by atoms with van der Waals surface area (Å²) in [7, 11) is 0. The molecule has 8 nitrogen and oxygen atoms in total. The van der Waals surface area contributed by atoms with Gasteiger partial charge in [0.15, 0.2) is 5.65 Å². The molecule has 2 aromatic carbocycles. The summed E-state index contributed by atoms with van der Waals surface area (Å²) in [6.45, 7) is 1.43. The normalized spacial score (nSPS) is 10.8. The van der Waals surface area contributed by atoms with Crippen LogP contribution in [0.2, 0.25) is 5.02 Å². The third-order valence-electron chi connectivity index (χ3n) is 4.21. The summed E-state index contributed by atoms with van der Waals surface area (Å²) in [5.41, 5.74) is 2.68. The van der Waals surface area contributed by atoms with Crippen LogP contribution >= 0.6 is 23.4 Å². The molecule has 0 saturated carbocycles. The summed E-state index contributed by atoms with van der Waals surface area (Å²) in [4.78, 5) is 32.3. The lowest BCUT2D eigenvalue weighted by Crippen LogP contribution is -2.14. The number of carbonyl (C=O) groups excluding carboxylic acids is 2. The van der Waals surface area contributed by atoms with Gasteiger partial charge in [-0.15, -0.1) is 0 Å². The van der Waals surface area contributed by atoms with Gasteiger partial charge >= 0.3 is 0 Å². The van der Waals surface area contributed by atoms with E-state index in [9.17, 15) is 9.59 Å². The molecule has 2 heterocycles. The Labute approximate surface area is 187 Å². The number of carbonyl (C=O) groups is 2. The number of halogens is 1. The van der Waals surface area contributed by atoms with Crippen molar-refractivity contribution >= 4 is 57.6 Å². The number of nitrogens with zero attached hydrogens (tertiary/aromatic N) is 4. The van der Waals surface area contributed by atoms with Crippen molar-refractivity contribution in [2.24, 2.45) is 0 Å². The van der Waals surface area contributed by atoms with E-state index in [1.165, 1.54) is 25.0 Å². The highest BCUT2D eigenvalue weighted by molar-refractivity contribution is 8.00. The van der Waals surface area contributed by atoms with Crippen LogP contribution < -0.4 is 10.6 Å². The molecule has 0 aliphatic carbocycles. The van der Waals surface area contributed by atoms with Gasteiger partial charge in [-0.2, -0.15) is 5.10 Å². The maximum Gasteiger partial charge on any atom is 0.234 e. The molecule has 4 rings (SSSR count). The van der Waals surface area contributed by atoms with Crippen molar-refractivity contribution in [2.45, 2.75) is 11.9 Å². The lowest BCUT2D eigenvalue weighted by molar-refractivity contribution is -0.114. The Morgan fingerprint density at radius 3 is 2.55 bits per heavy atom. The van der Waals surface area contributed by atoms with E-state index in [0.717, 1.165) is 11.1 Å². The zero-order valence-electron chi connectivity index (χ0n) is 16.4. The molecular weight excluding hydrogens is 436 g/mol. The minimum Gasteiger partial charge on any atom is -0.326 e. The quantitative estimate of drug-likeness (QED) is 0.336. The molecule has 2 amide bonds. The average Bonchev–Trinajstić information content (AvgIpc) is 3.17. The first-order valence-electron chi connectivity index (χ1n) is 9.24. The third-order valence-corrected chi connectivity index (χ3v) is 5.46. The van der Waals surface area contributed by atoms with Crippen LogP contribution in [-0.4, -0.2) is 37.3 Å². The third kappa shape index (κ3) is 5.01. The number of thioether (sulfide) groups is 1. The first-order chi connectivity index (χ1) is 15.0. The molecular formula is C21H17ClN6O2S. The van der Waals surface area contributed by atoms with Crippen LogP contribution in [0.5, 0.6) is 0 Å². The van der Waals surface area contributed by atoms with Crippen LogP contribution in [0.25, 0.3) is 16.7 Å². The molecule has 0 radical (unpaired) electrons. The van der Waals surface area contributed by atoms with E-state index in [4.69, 9.17) is 11.6 Å². The molecule has 0 atom stereocenters. The molecule has 0 fully saturated rings. The Bertz CT molecular complexity index is 1260. The molecule has 2 N–H and O–H groups in total. The monoisotopic (exact) mass is 452 g/mol. The Morgan fingerprint density at radius 2 is 1.81 bits per heavy atom. The van der Waals surface area contributed by atoms with Crippen molar-refractivity contribution in [1.82, 2.24) is 19.7 Å². The summed E-state index contributed by atoms with van der Waals surface area (Å²) in [6, 6.07) is 14.2. The predicted molar refractivity (Wildman–Crippen MR) is 122 cm³/mol. The maximum absolute atomic E-state index is 12.4. The standard InChI is InChI=1S/C21H17ClN6O2S/c1-13(29)26-15-3-2-4-16(9-15)27-19(30)11-31-21-18-10-25-28(20(18)23-12-24-21)17-7-5-14(22)6-8-17/h2-10,12H,11H2,1H3,(H,26,29)(H,27,30). The molecule has 10 heteroatoms. The van der Waals surface area contributed by atoms with Gasteiger partial charge in [-0.25, -0.2) is 14.6 Å². The fraction of sp³-hybridized carbons (Fsp3) is 0.0952. The van der Waals surface area contributed by atoms with Gasteiger partial charge in [0, 0.05) is 23.3 Å². The number of hydrogen-bond acceptors (Lipinski definition) is 6. The van der Waals surface area contributed by atoms with Gasteiger partial charge < -0.3 is 10.6 Å². The summed E-state index contributed by atoms with van der Waals surface area (Å²) < 4.78 is 1.70. The van der Waals surface area contributed by atoms with Crippen LogP contribution in [0.1, 0.15) is 6.92 Å². The highest BCUT2D eigenvalue weighted by atomic mass is 35.5. The van der Waals surface area contributed by atoms with E-state index in [1.807, 2.05) is 12.1 Å². The summed E-state index contributed by atoms with van der Waals surface area (Å²) in [6.07, 6.45) is 3.13. The lowest BCUT2D eigenvalue weighted by Gasteiger charge is -2.08. The fourth-order valence-electron chi connectivity index (χ4n) is 2.92. The Kier molecular flexibility index (Phi) is 6.15. The predicted octanol–water partition coefficient (Wildman–Crippen LogP) is 4.16. The van der Waals surface area contributed by atoms with Crippen LogP contribution in [0.3, 0.4) is 0 Å². The van der Waals surface area contributed by atoms with Crippen molar-refractivity contribution < 1.29 is 9.59 Å². The first kappa shape index (κ1) is 20.8. The number of hydrogen-bond donors (Lipinski definition) is 2. The van der Waals surface area contributed by atoms with Crippen LogP contribution in [-0.2, 0) is 9.59 Å². The second kappa shape index (κ2) is 9.15. The number of amides is 2. The number of anilines is 2. The van der Waals surface area contributed by atoms with E-state index >= 15 is 0 Å². The Balaban J connectivity index is 1.46. The van der Waals surface area contributed by atoms with Crippen molar-refractivity contribution in [3.05, 3.63) is 66.1 Å². The molecule has 0 bridgehead atoms. The van der Waals surface area contributed by atoms with Gasteiger partial charge in [-0.3, -0.25) is 9.59 Å². The van der Waals surface area contributed by atoms with E-state index in [2.05, 4.69) is 25.7 Å². The van der Waals surface area contributed by atoms with Gasteiger partial charge in [0.25, 0.3) is 0 Å². The molecule has 0 saturated heterocycles.